The number of esters is 1. The SMILES string of the molecule is COC1CCC2(CC1)OC(=O)C(c1cc(C)c(Br)cc1C)C2=O. The van der Waals surface area contributed by atoms with E-state index in [1.165, 1.54) is 0 Å². The van der Waals surface area contributed by atoms with E-state index in [9.17, 15) is 9.59 Å². The third-order valence-electron chi connectivity index (χ3n) is 5.17. The predicted octanol–water partition coefficient (Wildman–Crippen LogP) is 3.60. The molecule has 0 radical (unpaired) electrons. The molecule has 23 heavy (non-hydrogen) atoms. The number of carbonyl (C=O) groups excluding carboxylic acids is 2. The van der Waals surface area contributed by atoms with E-state index in [1.807, 2.05) is 26.0 Å². The van der Waals surface area contributed by atoms with Crippen molar-refractivity contribution < 1.29 is 19.1 Å². The minimum Gasteiger partial charge on any atom is -0.450 e. The highest BCUT2D eigenvalue weighted by Gasteiger charge is 2.56. The molecule has 1 spiro atoms. The van der Waals surface area contributed by atoms with Crippen LogP contribution in [0.1, 0.15) is 48.3 Å². The number of benzene rings is 1. The summed E-state index contributed by atoms with van der Waals surface area (Å²) in [5.41, 5.74) is 1.77. The molecule has 1 atom stereocenters. The molecule has 2 aliphatic rings. The highest BCUT2D eigenvalue weighted by molar-refractivity contribution is 9.10. The highest BCUT2D eigenvalue weighted by atomic mass is 79.9. The second-order valence-electron chi connectivity index (χ2n) is 6.61. The quantitative estimate of drug-likeness (QED) is 0.580. The maximum atomic E-state index is 13.0. The molecule has 1 heterocycles. The van der Waals surface area contributed by atoms with E-state index in [4.69, 9.17) is 9.47 Å². The third kappa shape index (κ3) is 2.74. The van der Waals surface area contributed by atoms with Gasteiger partial charge < -0.3 is 9.47 Å². The monoisotopic (exact) mass is 380 g/mol. The molecule has 1 aromatic carbocycles. The summed E-state index contributed by atoms with van der Waals surface area (Å²) in [5.74, 6) is -1.28. The van der Waals surface area contributed by atoms with Crippen molar-refractivity contribution in [1.29, 1.82) is 0 Å². The van der Waals surface area contributed by atoms with Crippen molar-refractivity contribution >= 4 is 27.7 Å². The van der Waals surface area contributed by atoms with Crippen LogP contribution in [0, 0.1) is 13.8 Å². The number of Topliss-reactive ketones (excluding diaryl/α,β-unsaturated/α-hetero) is 1. The van der Waals surface area contributed by atoms with Gasteiger partial charge in [0.1, 0.15) is 5.92 Å². The summed E-state index contributed by atoms with van der Waals surface area (Å²) in [5, 5.41) is 0. The largest absolute Gasteiger partial charge is 0.450 e. The lowest BCUT2D eigenvalue weighted by Crippen LogP contribution is -2.42. The molecule has 3 rings (SSSR count). The van der Waals surface area contributed by atoms with Gasteiger partial charge in [0.15, 0.2) is 11.4 Å². The minimum atomic E-state index is -0.940. The van der Waals surface area contributed by atoms with Gasteiger partial charge >= 0.3 is 5.97 Å². The Morgan fingerprint density at radius 3 is 2.43 bits per heavy atom. The molecule has 2 fully saturated rings. The van der Waals surface area contributed by atoms with Crippen LogP contribution in [-0.4, -0.2) is 30.6 Å². The average molecular weight is 381 g/mol. The summed E-state index contributed by atoms with van der Waals surface area (Å²) < 4.78 is 12.0. The molecule has 0 bridgehead atoms. The summed E-state index contributed by atoms with van der Waals surface area (Å²) >= 11 is 3.49. The van der Waals surface area contributed by atoms with Crippen molar-refractivity contribution in [2.45, 2.75) is 57.2 Å². The molecular weight excluding hydrogens is 360 g/mol. The highest BCUT2D eigenvalue weighted by Crippen LogP contribution is 2.44. The normalized spacial score (nSPS) is 30.8. The Hall–Kier alpha value is -1.20. The van der Waals surface area contributed by atoms with Gasteiger partial charge in [-0.1, -0.05) is 22.0 Å². The molecule has 1 aliphatic heterocycles. The first-order chi connectivity index (χ1) is 10.9. The molecule has 4 nitrogen and oxygen atoms in total. The number of halogens is 1. The van der Waals surface area contributed by atoms with Gasteiger partial charge in [0.2, 0.25) is 0 Å². The van der Waals surface area contributed by atoms with Crippen molar-refractivity contribution in [3.63, 3.8) is 0 Å². The number of methoxy groups -OCH3 is 1. The van der Waals surface area contributed by atoms with Gasteiger partial charge in [0.25, 0.3) is 0 Å². The first-order valence-corrected chi connectivity index (χ1v) is 8.74. The second kappa shape index (κ2) is 6.02. The molecule has 1 saturated carbocycles. The van der Waals surface area contributed by atoms with Crippen molar-refractivity contribution in [3.8, 4) is 0 Å². The average Bonchev–Trinajstić information content (AvgIpc) is 2.75. The number of hydrogen-bond donors (Lipinski definition) is 0. The maximum Gasteiger partial charge on any atom is 0.322 e. The summed E-state index contributed by atoms with van der Waals surface area (Å²) in [6.45, 7) is 3.88. The van der Waals surface area contributed by atoms with Gasteiger partial charge in [0.05, 0.1) is 6.10 Å². The van der Waals surface area contributed by atoms with Crippen LogP contribution in [-0.2, 0) is 19.1 Å². The number of aryl methyl sites for hydroxylation is 2. The molecule has 0 amide bonds. The van der Waals surface area contributed by atoms with E-state index in [0.29, 0.717) is 12.8 Å². The smallest absolute Gasteiger partial charge is 0.322 e. The van der Waals surface area contributed by atoms with Crippen LogP contribution >= 0.6 is 15.9 Å². The zero-order chi connectivity index (χ0) is 16.8. The summed E-state index contributed by atoms with van der Waals surface area (Å²) in [7, 11) is 1.68. The molecule has 1 aliphatic carbocycles. The number of carbonyl (C=O) groups is 2. The van der Waals surface area contributed by atoms with Gasteiger partial charge in [-0.3, -0.25) is 9.59 Å². The van der Waals surface area contributed by atoms with Crippen LogP contribution in [0.25, 0.3) is 0 Å². The lowest BCUT2D eigenvalue weighted by Gasteiger charge is -2.33. The first-order valence-electron chi connectivity index (χ1n) is 7.94. The fourth-order valence-corrected chi connectivity index (χ4v) is 4.15. The van der Waals surface area contributed by atoms with Gasteiger partial charge in [-0.2, -0.15) is 0 Å². The Labute approximate surface area is 144 Å². The first kappa shape index (κ1) is 16.7. The van der Waals surface area contributed by atoms with Crippen molar-refractivity contribution in [1.82, 2.24) is 0 Å². The van der Waals surface area contributed by atoms with Crippen LogP contribution in [0.3, 0.4) is 0 Å². The van der Waals surface area contributed by atoms with E-state index in [0.717, 1.165) is 34.0 Å². The van der Waals surface area contributed by atoms with Crippen molar-refractivity contribution in [2.24, 2.45) is 0 Å². The molecule has 124 valence electrons. The zero-order valence-corrected chi connectivity index (χ0v) is 15.2. The summed E-state index contributed by atoms with van der Waals surface area (Å²) in [6.07, 6.45) is 2.77. The van der Waals surface area contributed by atoms with Crippen molar-refractivity contribution in [2.75, 3.05) is 7.11 Å². The summed E-state index contributed by atoms with van der Waals surface area (Å²) in [6, 6.07) is 3.88. The topological polar surface area (TPSA) is 52.6 Å². The zero-order valence-electron chi connectivity index (χ0n) is 13.6. The molecule has 1 aromatic rings. The second-order valence-corrected chi connectivity index (χ2v) is 7.46. The summed E-state index contributed by atoms with van der Waals surface area (Å²) in [4.78, 5) is 25.5. The van der Waals surface area contributed by atoms with E-state index < -0.39 is 17.5 Å². The molecule has 0 N–H and O–H groups in total. The Kier molecular flexibility index (Phi) is 4.36. The number of rotatable bonds is 2. The number of hydrogen-bond acceptors (Lipinski definition) is 4. The van der Waals surface area contributed by atoms with E-state index in [2.05, 4.69) is 15.9 Å². The third-order valence-corrected chi connectivity index (χ3v) is 6.03. The molecule has 1 unspecified atom stereocenters. The molecule has 1 saturated heterocycles. The van der Waals surface area contributed by atoms with Gasteiger partial charge in [-0.15, -0.1) is 0 Å². The van der Waals surface area contributed by atoms with E-state index in [1.54, 1.807) is 7.11 Å². The van der Waals surface area contributed by atoms with Crippen LogP contribution in [0.5, 0.6) is 0 Å². The Morgan fingerprint density at radius 1 is 1.17 bits per heavy atom. The minimum absolute atomic E-state index is 0.0816. The van der Waals surface area contributed by atoms with Gasteiger partial charge in [0, 0.05) is 11.6 Å². The van der Waals surface area contributed by atoms with Crippen LogP contribution in [0.15, 0.2) is 16.6 Å². The van der Waals surface area contributed by atoms with Gasteiger partial charge in [-0.05, 0) is 62.3 Å². The van der Waals surface area contributed by atoms with E-state index >= 15 is 0 Å². The predicted molar refractivity (Wildman–Crippen MR) is 89.5 cm³/mol. The molecular formula is C18H21BrO4. The fourth-order valence-electron chi connectivity index (χ4n) is 3.70. The lowest BCUT2D eigenvalue weighted by atomic mass is 9.76. The lowest BCUT2D eigenvalue weighted by molar-refractivity contribution is -0.157. The maximum absolute atomic E-state index is 13.0. The Balaban J connectivity index is 1.92. The van der Waals surface area contributed by atoms with Crippen molar-refractivity contribution in [3.05, 3.63) is 33.3 Å². The van der Waals surface area contributed by atoms with E-state index in [-0.39, 0.29) is 11.9 Å². The van der Waals surface area contributed by atoms with Crippen LogP contribution in [0.4, 0.5) is 0 Å². The van der Waals surface area contributed by atoms with Crippen LogP contribution in [0.2, 0.25) is 0 Å². The number of ketones is 1. The standard InChI is InChI=1S/C18H21BrO4/c1-10-9-14(19)11(2)8-13(10)15-16(20)18(23-17(15)21)6-4-12(22-3)5-7-18/h8-9,12,15H,4-7H2,1-3H3. The number of ether oxygens (including phenoxy) is 2. The molecule has 5 heteroatoms. The Bertz CT molecular complexity index is 659. The fraction of sp³-hybridized carbons (Fsp3) is 0.556. The Morgan fingerprint density at radius 2 is 1.83 bits per heavy atom. The molecule has 0 aromatic heterocycles. The van der Waals surface area contributed by atoms with Gasteiger partial charge in [-0.25, -0.2) is 0 Å². The van der Waals surface area contributed by atoms with Crippen LogP contribution < -0.4 is 0 Å².